The first-order valence-electron chi connectivity index (χ1n) is 8.45. The zero-order chi connectivity index (χ0) is 21.0. The van der Waals surface area contributed by atoms with E-state index in [1.807, 2.05) is 6.07 Å². The third kappa shape index (κ3) is 5.24. The van der Waals surface area contributed by atoms with E-state index < -0.39 is 17.6 Å². The van der Waals surface area contributed by atoms with Gasteiger partial charge in [-0.2, -0.15) is 4.68 Å². The van der Waals surface area contributed by atoms with Crippen molar-refractivity contribution < 1.29 is 14.0 Å². The highest BCUT2D eigenvalue weighted by atomic mass is 35.5. The summed E-state index contributed by atoms with van der Waals surface area (Å²) in [5.41, 5.74) is 1.07. The highest BCUT2D eigenvalue weighted by molar-refractivity contribution is 6.42. The maximum atomic E-state index is 12.4. The van der Waals surface area contributed by atoms with E-state index in [4.69, 9.17) is 27.6 Å². The third-order valence-electron chi connectivity index (χ3n) is 3.92. The second-order valence-electron chi connectivity index (χ2n) is 6.12. The van der Waals surface area contributed by atoms with E-state index in [1.165, 1.54) is 18.0 Å². The minimum absolute atomic E-state index is 0.114. The van der Waals surface area contributed by atoms with E-state index in [2.05, 4.69) is 10.4 Å². The Labute approximate surface area is 175 Å². The van der Waals surface area contributed by atoms with E-state index in [0.29, 0.717) is 21.3 Å². The molecule has 1 aromatic heterocycles. The number of anilines is 1. The van der Waals surface area contributed by atoms with Gasteiger partial charge in [-0.15, -0.1) is 5.10 Å². The number of carbonyl (C=O) groups is 2. The summed E-state index contributed by atoms with van der Waals surface area (Å²) in [6, 6.07) is 13.5. The Bertz CT molecular complexity index is 1100. The molecular formula is C19H16Cl2N4O4. The SMILES string of the molecule is CN(CC(=O)Nc1ccc(Cl)c(Cl)c1)C(=O)Cn1nc(-c2ccccc2)oc1=O. The van der Waals surface area contributed by atoms with Crippen LogP contribution in [0.2, 0.25) is 10.0 Å². The summed E-state index contributed by atoms with van der Waals surface area (Å²) in [5, 5.41) is 7.31. The van der Waals surface area contributed by atoms with E-state index in [0.717, 1.165) is 4.68 Å². The zero-order valence-electron chi connectivity index (χ0n) is 15.3. The van der Waals surface area contributed by atoms with Crippen LogP contribution in [0.15, 0.2) is 57.7 Å². The molecule has 0 aliphatic carbocycles. The Morgan fingerprint density at radius 3 is 2.55 bits per heavy atom. The van der Waals surface area contributed by atoms with Crippen LogP contribution >= 0.6 is 23.2 Å². The fraction of sp³-hybridized carbons (Fsp3) is 0.158. The molecule has 8 nitrogen and oxygen atoms in total. The van der Waals surface area contributed by atoms with Crippen molar-refractivity contribution in [1.82, 2.24) is 14.7 Å². The third-order valence-corrected chi connectivity index (χ3v) is 4.66. The molecular weight excluding hydrogens is 419 g/mol. The summed E-state index contributed by atoms with van der Waals surface area (Å²) < 4.78 is 6.00. The average Bonchev–Trinajstić information content (AvgIpc) is 3.05. The number of aromatic nitrogens is 2. The summed E-state index contributed by atoms with van der Waals surface area (Å²) >= 11 is 11.7. The van der Waals surface area contributed by atoms with Gasteiger partial charge in [-0.25, -0.2) is 4.79 Å². The number of hydrogen-bond donors (Lipinski definition) is 1. The Morgan fingerprint density at radius 2 is 1.86 bits per heavy atom. The maximum Gasteiger partial charge on any atom is 0.437 e. The molecule has 0 bridgehead atoms. The van der Waals surface area contributed by atoms with E-state index in [1.54, 1.807) is 36.4 Å². The van der Waals surface area contributed by atoms with Gasteiger partial charge in [0.05, 0.1) is 16.6 Å². The molecule has 0 saturated carbocycles. The Morgan fingerprint density at radius 1 is 1.14 bits per heavy atom. The summed E-state index contributed by atoms with van der Waals surface area (Å²) in [4.78, 5) is 37.6. The van der Waals surface area contributed by atoms with Crippen molar-refractivity contribution in [3.05, 3.63) is 69.1 Å². The summed E-state index contributed by atoms with van der Waals surface area (Å²) in [5.74, 6) is -1.56. The second-order valence-corrected chi connectivity index (χ2v) is 6.94. The number of nitrogens with zero attached hydrogens (tertiary/aromatic N) is 3. The molecule has 2 amide bonds. The Kier molecular flexibility index (Phi) is 6.36. The molecule has 3 rings (SSSR count). The zero-order valence-corrected chi connectivity index (χ0v) is 16.8. The number of halogens is 2. The molecule has 1 N–H and O–H groups in total. The molecule has 0 saturated heterocycles. The first kappa shape index (κ1) is 20.6. The molecule has 10 heteroatoms. The molecule has 0 aliphatic rings. The number of amides is 2. The lowest BCUT2D eigenvalue weighted by Gasteiger charge is -2.16. The van der Waals surface area contributed by atoms with Gasteiger partial charge in [0.1, 0.15) is 6.54 Å². The fourth-order valence-corrected chi connectivity index (χ4v) is 2.73. The van der Waals surface area contributed by atoms with Gasteiger partial charge in [0.15, 0.2) is 0 Å². The highest BCUT2D eigenvalue weighted by Crippen LogP contribution is 2.24. The fourth-order valence-electron chi connectivity index (χ4n) is 2.43. The van der Waals surface area contributed by atoms with Crippen LogP contribution < -0.4 is 11.1 Å². The van der Waals surface area contributed by atoms with Crippen LogP contribution in [-0.4, -0.2) is 40.1 Å². The molecule has 0 unspecified atom stereocenters. The summed E-state index contributed by atoms with van der Waals surface area (Å²) in [7, 11) is 1.44. The van der Waals surface area contributed by atoms with Gasteiger partial charge >= 0.3 is 5.76 Å². The highest BCUT2D eigenvalue weighted by Gasteiger charge is 2.18. The molecule has 3 aromatic rings. The molecule has 150 valence electrons. The van der Waals surface area contributed by atoms with Gasteiger partial charge in [-0.05, 0) is 30.3 Å². The van der Waals surface area contributed by atoms with Crippen LogP contribution in [0.4, 0.5) is 5.69 Å². The predicted octanol–water partition coefficient (Wildman–Crippen LogP) is 2.91. The lowest BCUT2D eigenvalue weighted by Crippen LogP contribution is -2.38. The molecule has 0 radical (unpaired) electrons. The quantitative estimate of drug-likeness (QED) is 0.642. The number of rotatable bonds is 6. The van der Waals surface area contributed by atoms with Crippen molar-refractivity contribution in [2.45, 2.75) is 6.54 Å². The van der Waals surface area contributed by atoms with Crippen molar-refractivity contribution in [2.24, 2.45) is 0 Å². The van der Waals surface area contributed by atoms with Crippen LogP contribution in [0, 0.1) is 0 Å². The standard InChI is InChI=1S/C19H16Cl2N4O4/c1-24(10-16(26)22-13-7-8-14(20)15(21)9-13)17(27)11-25-19(28)29-18(23-25)12-5-3-2-4-6-12/h2-9H,10-11H2,1H3,(H,22,26). The first-order valence-corrected chi connectivity index (χ1v) is 9.21. The minimum Gasteiger partial charge on any atom is -0.388 e. The van der Waals surface area contributed by atoms with Crippen molar-refractivity contribution in [3.63, 3.8) is 0 Å². The predicted molar refractivity (Wildman–Crippen MR) is 109 cm³/mol. The van der Waals surface area contributed by atoms with Crippen molar-refractivity contribution in [2.75, 3.05) is 18.9 Å². The summed E-state index contributed by atoms with van der Waals surface area (Å²) in [6.45, 7) is -0.580. The molecule has 0 aliphatic heterocycles. The lowest BCUT2D eigenvalue weighted by atomic mass is 10.2. The molecule has 0 fully saturated rings. The van der Waals surface area contributed by atoms with Gasteiger partial charge in [-0.3, -0.25) is 9.59 Å². The molecule has 0 spiro atoms. The van der Waals surface area contributed by atoms with Crippen LogP contribution in [-0.2, 0) is 16.1 Å². The number of nitrogens with one attached hydrogen (secondary N) is 1. The summed E-state index contributed by atoms with van der Waals surface area (Å²) in [6.07, 6.45) is 0. The van der Waals surface area contributed by atoms with E-state index in [9.17, 15) is 14.4 Å². The van der Waals surface area contributed by atoms with Crippen molar-refractivity contribution >= 4 is 40.7 Å². The van der Waals surface area contributed by atoms with Gasteiger partial charge in [0.2, 0.25) is 17.7 Å². The number of benzene rings is 2. The number of hydrogen-bond acceptors (Lipinski definition) is 5. The largest absolute Gasteiger partial charge is 0.437 e. The smallest absolute Gasteiger partial charge is 0.388 e. The normalized spacial score (nSPS) is 10.6. The topological polar surface area (TPSA) is 97.4 Å². The molecule has 0 atom stereocenters. The van der Waals surface area contributed by atoms with Crippen LogP contribution in [0.3, 0.4) is 0 Å². The molecule has 2 aromatic carbocycles. The first-order chi connectivity index (χ1) is 13.8. The van der Waals surface area contributed by atoms with Crippen molar-refractivity contribution in [1.29, 1.82) is 0 Å². The van der Waals surface area contributed by atoms with Crippen LogP contribution in [0.1, 0.15) is 0 Å². The lowest BCUT2D eigenvalue weighted by molar-refractivity contribution is -0.134. The van der Waals surface area contributed by atoms with E-state index in [-0.39, 0.29) is 19.0 Å². The van der Waals surface area contributed by atoms with Crippen LogP contribution in [0.25, 0.3) is 11.5 Å². The monoisotopic (exact) mass is 434 g/mol. The van der Waals surface area contributed by atoms with E-state index >= 15 is 0 Å². The van der Waals surface area contributed by atoms with Gasteiger partial charge < -0.3 is 14.6 Å². The number of carbonyl (C=O) groups excluding carboxylic acids is 2. The van der Waals surface area contributed by atoms with Crippen molar-refractivity contribution in [3.8, 4) is 11.5 Å². The minimum atomic E-state index is -0.758. The Balaban J connectivity index is 1.60. The Hall–Kier alpha value is -3.10. The van der Waals surface area contributed by atoms with Crippen LogP contribution in [0.5, 0.6) is 0 Å². The van der Waals surface area contributed by atoms with Gasteiger partial charge in [-0.1, -0.05) is 41.4 Å². The average molecular weight is 435 g/mol. The van der Waals surface area contributed by atoms with Gasteiger partial charge in [0.25, 0.3) is 0 Å². The number of likely N-dealkylation sites (N-methyl/N-ethyl adjacent to an activating group) is 1. The van der Waals surface area contributed by atoms with Gasteiger partial charge in [0, 0.05) is 18.3 Å². The maximum absolute atomic E-state index is 12.4. The second kappa shape index (κ2) is 8.93. The molecule has 29 heavy (non-hydrogen) atoms. The molecule has 1 heterocycles.